The number of likely N-dealkylation sites (tertiary alicyclic amines) is 1. The summed E-state index contributed by atoms with van der Waals surface area (Å²) in [7, 11) is 5.08. The molecule has 1 fully saturated rings. The van der Waals surface area contributed by atoms with Crippen molar-refractivity contribution in [3.63, 3.8) is 0 Å². The fourth-order valence-corrected chi connectivity index (χ4v) is 3.47. The van der Waals surface area contributed by atoms with E-state index in [-0.39, 0.29) is 11.9 Å². The van der Waals surface area contributed by atoms with Crippen LogP contribution in [0.4, 0.5) is 0 Å². The van der Waals surface area contributed by atoms with Crippen LogP contribution in [0.25, 0.3) is 0 Å². The van der Waals surface area contributed by atoms with E-state index in [4.69, 9.17) is 13.9 Å². The zero-order valence-electron chi connectivity index (χ0n) is 15.6. The highest BCUT2D eigenvalue weighted by Gasteiger charge is 2.29. The molecule has 1 amide bonds. The summed E-state index contributed by atoms with van der Waals surface area (Å²) in [6, 6.07) is 9.93. The standard InChI is InChI=1S/C20H26N2O4/c1-21(13-16-6-5-11-26-16)20(23)14-22-10-4-7-17(22)15-8-9-18(24-2)19(12-15)25-3/h5-6,8-9,11-12,17H,4,7,10,13-14H2,1-3H3/t17-/m0/s1. The predicted molar refractivity (Wildman–Crippen MR) is 98.3 cm³/mol. The molecule has 6 nitrogen and oxygen atoms in total. The van der Waals surface area contributed by atoms with Crippen molar-refractivity contribution < 1.29 is 18.7 Å². The smallest absolute Gasteiger partial charge is 0.236 e. The normalized spacial score (nSPS) is 17.3. The molecular weight excluding hydrogens is 332 g/mol. The Balaban J connectivity index is 1.67. The number of furan rings is 1. The van der Waals surface area contributed by atoms with Gasteiger partial charge in [-0.25, -0.2) is 0 Å². The highest BCUT2D eigenvalue weighted by molar-refractivity contribution is 5.78. The van der Waals surface area contributed by atoms with Gasteiger partial charge in [-0.3, -0.25) is 9.69 Å². The summed E-state index contributed by atoms with van der Waals surface area (Å²) < 4.78 is 16.1. The average molecular weight is 358 g/mol. The van der Waals surface area contributed by atoms with Gasteiger partial charge < -0.3 is 18.8 Å². The zero-order valence-corrected chi connectivity index (χ0v) is 15.6. The van der Waals surface area contributed by atoms with Gasteiger partial charge >= 0.3 is 0 Å². The third-order valence-corrected chi connectivity index (χ3v) is 4.89. The lowest BCUT2D eigenvalue weighted by Crippen LogP contribution is -2.37. The Morgan fingerprint density at radius 1 is 1.27 bits per heavy atom. The summed E-state index contributed by atoms with van der Waals surface area (Å²) in [5.74, 6) is 2.32. The lowest BCUT2D eigenvalue weighted by atomic mass is 10.0. The number of likely N-dealkylation sites (N-methyl/N-ethyl adjacent to an activating group) is 1. The average Bonchev–Trinajstić information content (AvgIpc) is 3.33. The number of nitrogens with zero attached hydrogens (tertiary/aromatic N) is 2. The van der Waals surface area contributed by atoms with Gasteiger partial charge in [0.1, 0.15) is 5.76 Å². The van der Waals surface area contributed by atoms with Gasteiger partial charge in [-0.05, 0) is 49.2 Å². The van der Waals surface area contributed by atoms with Crippen molar-refractivity contribution in [2.75, 3.05) is 34.4 Å². The Bertz CT molecular complexity index is 729. The van der Waals surface area contributed by atoms with Gasteiger partial charge in [0.15, 0.2) is 11.5 Å². The molecule has 0 saturated carbocycles. The van der Waals surface area contributed by atoms with Crippen molar-refractivity contribution in [1.82, 2.24) is 9.80 Å². The van der Waals surface area contributed by atoms with E-state index in [1.807, 2.05) is 31.3 Å². The molecule has 2 aromatic rings. The fourth-order valence-electron chi connectivity index (χ4n) is 3.47. The molecule has 0 N–H and O–H groups in total. The van der Waals surface area contributed by atoms with Crippen molar-refractivity contribution in [3.05, 3.63) is 47.9 Å². The van der Waals surface area contributed by atoms with Gasteiger partial charge in [-0.2, -0.15) is 0 Å². The molecule has 3 rings (SSSR count). The minimum absolute atomic E-state index is 0.0915. The summed E-state index contributed by atoms with van der Waals surface area (Å²) in [6.07, 6.45) is 3.74. The van der Waals surface area contributed by atoms with Crippen molar-refractivity contribution in [3.8, 4) is 11.5 Å². The second-order valence-electron chi connectivity index (χ2n) is 6.57. The number of benzene rings is 1. The van der Waals surface area contributed by atoms with E-state index in [9.17, 15) is 4.79 Å². The quantitative estimate of drug-likeness (QED) is 0.761. The zero-order chi connectivity index (χ0) is 18.5. The lowest BCUT2D eigenvalue weighted by Gasteiger charge is -2.27. The lowest BCUT2D eigenvalue weighted by molar-refractivity contribution is -0.132. The monoisotopic (exact) mass is 358 g/mol. The molecule has 0 aliphatic carbocycles. The maximum Gasteiger partial charge on any atom is 0.236 e. The van der Waals surface area contributed by atoms with Crippen molar-refractivity contribution in [1.29, 1.82) is 0 Å². The summed E-state index contributed by atoms with van der Waals surface area (Å²) >= 11 is 0. The minimum atomic E-state index is 0.0915. The number of hydrogen-bond donors (Lipinski definition) is 0. The molecule has 0 spiro atoms. The van der Waals surface area contributed by atoms with Crippen molar-refractivity contribution >= 4 is 5.91 Å². The SMILES string of the molecule is COc1ccc([C@@H]2CCCN2CC(=O)N(C)Cc2ccco2)cc1OC. The Morgan fingerprint density at radius 3 is 2.77 bits per heavy atom. The first-order valence-electron chi connectivity index (χ1n) is 8.84. The Hall–Kier alpha value is -2.47. The number of hydrogen-bond acceptors (Lipinski definition) is 5. The van der Waals surface area contributed by atoms with Gasteiger partial charge in [0.2, 0.25) is 5.91 Å². The van der Waals surface area contributed by atoms with E-state index < -0.39 is 0 Å². The summed E-state index contributed by atoms with van der Waals surface area (Å²) in [5, 5.41) is 0. The van der Waals surface area contributed by atoms with Crippen LogP contribution in [-0.2, 0) is 11.3 Å². The van der Waals surface area contributed by atoms with Gasteiger partial charge in [0, 0.05) is 13.1 Å². The topological polar surface area (TPSA) is 55.2 Å². The second-order valence-corrected chi connectivity index (χ2v) is 6.57. The number of ether oxygens (including phenoxy) is 2. The molecule has 0 bridgehead atoms. The van der Waals surface area contributed by atoms with E-state index in [0.717, 1.165) is 42.2 Å². The van der Waals surface area contributed by atoms with E-state index in [0.29, 0.717) is 13.1 Å². The molecule has 1 aliphatic rings. The molecule has 1 aromatic heterocycles. The number of amides is 1. The molecule has 1 aliphatic heterocycles. The van der Waals surface area contributed by atoms with E-state index in [1.165, 1.54) is 0 Å². The van der Waals surface area contributed by atoms with Gasteiger partial charge in [0.25, 0.3) is 0 Å². The third kappa shape index (κ3) is 4.02. The molecule has 2 heterocycles. The van der Waals surface area contributed by atoms with Crippen molar-refractivity contribution in [2.45, 2.75) is 25.4 Å². The van der Waals surface area contributed by atoms with Crippen LogP contribution in [0.2, 0.25) is 0 Å². The fraction of sp³-hybridized carbons (Fsp3) is 0.450. The number of rotatable bonds is 7. The minimum Gasteiger partial charge on any atom is -0.493 e. The highest BCUT2D eigenvalue weighted by Crippen LogP contribution is 2.36. The van der Waals surface area contributed by atoms with Crippen LogP contribution in [0, 0.1) is 0 Å². The van der Waals surface area contributed by atoms with E-state index in [1.54, 1.807) is 25.4 Å². The first-order chi connectivity index (χ1) is 12.6. The predicted octanol–water partition coefficient (Wildman–Crippen LogP) is 3.09. The number of methoxy groups -OCH3 is 2. The first kappa shape index (κ1) is 18.3. The molecule has 0 radical (unpaired) electrons. The van der Waals surface area contributed by atoms with Crippen LogP contribution in [0.15, 0.2) is 41.0 Å². The van der Waals surface area contributed by atoms with Crippen LogP contribution < -0.4 is 9.47 Å². The van der Waals surface area contributed by atoms with Crippen LogP contribution in [0.5, 0.6) is 11.5 Å². The number of carbonyl (C=O) groups excluding carboxylic acids is 1. The van der Waals surface area contributed by atoms with E-state index in [2.05, 4.69) is 11.0 Å². The van der Waals surface area contributed by atoms with Crippen molar-refractivity contribution in [2.24, 2.45) is 0 Å². The molecule has 6 heteroatoms. The van der Waals surface area contributed by atoms with Crippen LogP contribution >= 0.6 is 0 Å². The van der Waals surface area contributed by atoms with Gasteiger partial charge in [0.05, 0.1) is 33.6 Å². The third-order valence-electron chi connectivity index (χ3n) is 4.89. The first-order valence-corrected chi connectivity index (χ1v) is 8.84. The van der Waals surface area contributed by atoms with Gasteiger partial charge in [-0.1, -0.05) is 6.07 Å². The molecule has 1 atom stereocenters. The largest absolute Gasteiger partial charge is 0.493 e. The molecule has 26 heavy (non-hydrogen) atoms. The number of carbonyl (C=O) groups is 1. The molecule has 1 aromatic carbocycles. The van der Waals surface area contributed by atoms with Gasteiger partial charge in [-0.15, -0.1) is 0 Å². The second kappa shape index (κ2) is 8.27. The molecule has 0 unspecified atom stereocenters. The Morgan fingerprint density at radius 2 is 2.08 bits per heavy atom. The summed E-state index contributed by atoms with van der Waals surface area (Å²) in [4.78, 5) is 16.6. The Kier molecular flexibility index (Phi) is 5.83. The molecular formula is C20H26N2O4. The highest BCUT2D eigenvalue weighted by atomic mass is 16.5. The summed E-state index contributed by atoms with van der Waals surface area (Å²) in [5.41, 5.74) is 1.15. The van der Waals surface area contributed by atoms with E-state index >= 15 is 0 Å². The van der Waals surface area contributed by atoms with Crippen LogP contribution in [0.3, 0.4) is 0 Å². The molecule has 140 valence electrons. The summed E-state index contributed by atoms with van der Waals surface area (Å²) in [6.45, 7) is 1.80. The maximum absolute atomic E-state index is 12.6. The van der Waals surface area contributed by atoms with Crippen LogP contribution in [-0.4, -0.2) is 50.1 Å². The maximum atomic E-state index is 12.6. The van der Waals surface area contributed by atoms with Crippen LogP contribution in [0.1, 0.15) is 30.2 Å². The Labute approximate surface area is 154 Å². The molecule has 1 saturated heterocycles.